The van der Waals surface area contributed by atoms with Crippen molar-refractivity contribution >= 4 is 16.4 Å². The largest absolute Gasteiger partial charge is 0.726 e. The van der Waals surface area contributed by atoms with E-state index >= 15 is 0 Å². The van der Waals surface area contributed by atoms with Crippen molar-refractivity contribution in [2.45, 2.75) is 20.3 Å². The van der Waals surface area contributed by atoms with Gasteiger partial charge >= 0.3 is 5.97 Å². The fraction of sp³-hybridized carbons (Fsp3) is 0.857. The van der Waals surface area contributed by atoms with Gasteiger partial charge < -0.3 is 9.29 Å². The van der Waals surface area contributed by atoms with Gasteiger partial charge in [-0.25, -0.2) is 8.42 Å². The second-order valence-electron chi connectivity index (χ2n) is 2.71. The van der Waals surface area contributed by atoms with E-state index in [1.54, 1.807) is 6.92 Å². The highest BCUT2D eigenvalue weighted by Crippen LogP contribution is 2.02. The molecule has 0 N–H and O–H groups in total. The van der Waals surface area contributed by atoms with Gasteiger partial charge in [-0.15, -0.1) is 0 Å². The summed E-state index contributed by atoms with van der Waals surface area (Å²) in [6, 6.07) is 0. The van der Waals surface area contributed by atoms with Crippen LogP contribution in [0.5, 0.6) is 0 Å². The molecule has 84 valence electrons. The minimum atomic E-state index is -4.69. The zero-order chi connectivity index (χ0) is 11.2. The number of carbonyl (C=O) groups is 1. The van der Waals surface area contributed by atoms with E-state index < -0.39 is 23.0 Å². The Hall–Kier alpha value is -0.660. The minimum absolute atomic E-state index is 0.232. The molecule has 14 heavy (non-hydrogen) atoms. The van der Waals surface area contributed by atoms with E-state index in [2.05, 4.69) is 8.92 Å². The number of hydrogen-bond donors (Lipinski definition) is 0. The maximum Gasteiger partial charge on any atom is 0.308 e. The second kappa shape index (κ2) is 5.94. The number of esters is 1. The highest BCUT2D eigenvalue weighted by molar-refractivity contribution is 7.80. The van der Waals surface area contributed by atoms with Crippen molar-refractivity contribution in [3.05, 3.63) is 0 Å². The van der Waals surface area contributed by atoms with Gasteiger partial charge in [0.2, 0.25) is 10.4 Å². The Kier molecular flexibility index (Phi) is 5.66. The zero-order valence-corrected chi connectivity index (χ0v) is 8.87. The fourth-order valence-electron chi connectivity index (χ4n) is 0.587. The lowest BCUT2D eigenvalue weighted by molar-refractivity contribution is -0.148. The molecule has 0 heterocycles. The average Bonchev–Trinajstić information content (AvgIpc) is 2.09. The highest BCUT2D eigenvalue weighted by Gasteiger charge is 2.11. The van der Waals surface area contributed by atoms with Crippen molar-refractivity contribution in [2.24, 2.45) is 5.92 Å². The first-order valence-electron chi connectivity index (χ1n) is 4.13. The van der Waals surface area contributed by atoms with Crippen LogP contribution in [0.25, 0.3) is 0 Å². The Labute approximate surface area is 83.2 Å². The predicted molar refractivity (Wildman–Crippen MR) is 46.1 cm³/mol. The third kappa shape index (κ3) is 6.81. The van der Waals surface area contributed by atoms with Gasteiger partial charge in [0.25, 0.3) is 0 Å². The zero-order valence-electron chi connectivity index (χ0n) is 8.06. The second-order valence-corrected chi connectivity index (χ2v) is 3.76. The summed E-state index contributed by atoms with van der Waals surface area (Å²) in [6.07, 6.45) is 0.638. The van der Waals surface area contributed by atoms with Crippen molar-refractivity contribution in [1.82, 2.24) is 0 Å². The number of rotatable bonds is 6. The Morgan fingerprint density at radius 3 is 2.43 bits per heavy atom. The molecule has 0 bridgehead atoms. The molecule has 0 saturated carbocycles. The summed E-state index contributed by atoms with van der Waals surface area (Å²) >= 11 is 0. The number of ether oxygens (including phenoxy) is 1. The van der Waals surface area contributed by atoms with Gasteiger partial charge in [-0.05, 0) is 6.42 Å². The van der Waals surface area contributed by atoms with Crippen LogP contribution in [0.3, 0.4) is 0 Å². The molecule has 0 fully saturated rings. The van der Waals surface area contributed by atoms with E-state index in [1.807, 2.05) is 6.92 Å². The number of hydrogen-bond acceptors (Lipinski definition) is 6. The summed E-state index contributed by atoms with van der Waals surface area (Å²) in [5.74, 6) is -0.668. The molecule has 0 saturated heterocycles. The maximum atomic E-state index is 11.0. The van der Waals surface area contributed by atoms with Gasteiger partial charge in [-0.1, -0.05) is 13.8 Å². The van der Waals surface area contributed by atoms with Gasteiger partial charge in [0.15, 0.2) is 0 Å². The molecule has 0 aliphatic rings. The van der Waals surface area contributed by atoms with Gasteiger partial charge in [0.05, 0.1) is 12.5 Å². The van der Waals surface area contributed by atoms with Crippen molar-refractivity contribution in [2.75, 3.05) is 13.2 Å². The van der Waals surface area contributed by atoms with Crippen molar-refractivity contribution < 1.29 is 26.7 Å². The smallest absolute Gasteiger partial charge is 0.308 e. The lowest BCUT2D eigenvalue weighted by atomic mass is 10.1. The molecule has 1 unspecified atom stereocenters. The molecular formula is C7H13O6S-. The minimum Gasteiger partial charge on any atom is -0.726 e. The first-order valence-corrected chi connectivity index (χ1v) is 5.47. The van der Waals surface area contributed by atoms with Crippen LogP contribution >= 0.6 is 0 Å². The summed E-state index contributed by atoms with van der Waals surface area (Å²) in [6.45, 7) is 2.84. The molecule has 1 atom stereocenters. The Balaban J connectivity index is 3.61. The normalized spacial score (nSPS) is 13.6. The fourth-order valence-corrected chi connectivity index (χ4v) is 0.859. The van der Waals surface area contributed by atoms with E-state index in [0.717, 1.165) is 0 Å². The Bertz CT molecular complexity index is 270. The lowest BCUT2D eigenvalue weighted by Gasteiger charge is -2.10. The Morgan fingerprint density at radius 2 is 2.00 bits per heavy atom. The van der Waals surface area contributed by atoms with Crippen LogP contribution in [0.15, 0.2) is 0 Å². The van der Waals surface area contributed by atoms with Crippen LogP contribution in [-0.2, 0) is 24.1 Å². The van der Waals surface area contributed by atoms with Gasteiger partial charge in [-0.2, -0.15) is 0 Å². The molecule has 0 aliphatic carbocycles. The topological polar surface area (TPSA) is 92.7 Å². The number of carbonyl (C=O) groups excluding carboxylic acids is 1. The maximum absolute atomic E-state index is 11.0. The molecule has 7 heteroatoms. The molecule has 0 radical (unpaired) electrons. The standard InChI is InChI=1S/C7H14O6S/c1-3-6(2)7(8)12-4-5-13-14(9,10)11/h6H,3-5H2,1-2H3,(H,9,10,11)/p-1. The van der Waals surface area contributed by atoms with E-state index in [1.165, 1.54) is 0 Å². The highest BCUT2D eigenvalue weighted by atomic mass is 32.3. The summed E-state index contributed by atoms with van der Waals surface area (Å²) in [5, 5.41) is 0. The van der Waals surface area contributed by atoms with E-state index in [4.69, 9.17) is 0 Å². The summed E-state index contributed by atoms with van der Waals surface area (Å²) in [5.41, 5.74) is 0. The quantitative estimate of drug-likeness (QED) is 0.274. The molecule has 0 aromatic heterocycles. The summed E-state index contributed by atoms with van der Waals surface area (Å²) in [4.78, 5) is 11.0. The molecule has 6 nitrogen and oxygen atoms in total. The van der Waals surface area contributed by atoms with Crippen LogP contribution in [0, 0.1) is 5.92 Å². The molecule has 0 spiro atoms. The third-order valence-corrected chi connectivity index (χ3v) is 2.03. The molecular weight excluding hydrogens is 212 g/mol. The van der Waals surface area contributed by atoms with Crippen LogP contribution in [0.2, 0.25) is 0 Å². The summed E-state index contributed by atoms with van der Waals surface area (Å²) in [7, 11) is -4.69. The monoisotopic (exact) mass is 225 g/mol. The van der Waals surface area contributed by atoms with Gasteiger partial charge in [-0.3, -0.25) is 8.98 Å². The molecule has 0 rings (SSSR count). The van der Waals surface area contributed by atoms with Crippen molar-refractivity contribution in [1.29, 1.82) is 0 Å². The first-order chi connectivity index (χ1) is 6.37. The predicted octanol–water partition coefficient (Wildman–Crippen LogP) is 0.0525. The van der Waals surface area contributed by atoms with Gasteiger partial charge in [0, 0.05) is 0 Å². The van der Waals surface area contributed by atoms with Crippen LogP contribution < -0.4 is 0 Å². The lowest BCUT2D eigenvalue weighted by Crippen LogP contribution is -2.18. The molecule has 0 amide bonds. The van der Waals surface area contributed by atoms with E-state index in [-0.39, 0.29) is 12.5 Å². The van der Waals surface area contributed by atoms with Crippen molar-refractivity contribution in [3.63, 3.8) is 0 Å². The molecule has 0 aromatic rings. The first kappa shape index (κ1) is 13.3. The van der Waals surface area contributed by atoms with E-state index in [0.29, 0.717) is 6.42 Å². The summed E-state index contributed by atoms with van der Waals surface area (Å²) < 4.78 is 38.3. The van der Waals surface area contributed by atoms with Gasteiger partial charge in [0.1, 0.15) is 6.61 Å². The molecule has 0 aliphatic heterocycles. The average molecular weight is 225 g/mol. The Morgan fingerprint density at radius 1 is 1.43 bits per heavy atom. The van der Waals surface area contributed by atoms with Crippen LogP contribution in [0.1, 0.15) is 20.3 Å². The van der Waals surface area contributed by atoms with Crippen molar-refractivity contribution in [3.8, 4) is 0 Å². The third-order valence-electron chi connectivity index (χ3n) is 1.57. The van der Waals surface area contributed by atoms with Crippen LogP contribution in [0.4, 0.5) is 0 Å². The SMILES string of the molecule is CCC(C)C(=O)OCCOS(=O)(=O)[O-]. The van der Waals surface area contributed by atoms with E-state index in [9.17, 15) is 17.8 Å². The molecule has 0 aromatic carbocycles. The van der Waals surface area contributed by atoms with Crippen LogP contribution in [-0.4, -0.2) is 32.2 Å².